The van der Waals surface area contributed by atoms with Gasteiger partial charge in [0.25, 0.3) is 0 Å². The van der Waals surface area contributed by atoms with Crippen molar-refractivity contribution in [1.29, 1.82) is 0 Å². The van der Waals surface area contributed by atoms with E-state index in [4.69, 9.17) is 0 Å². The molecule has 0 radical (unpaired) electrons. The van der Waals surface area contributed by atoms with Crippen LogP contribution in [0.3, 0.4) is 0 Å². The molecule has 0 bridgehead atoms. The molecule has 2 aromatic heterocycles. The molecule has 3 aromatic rings. The highest BCUT2D eigenvalue weighted by Crippen LogP contribution is 2.23. The Labute approximate surface area is 170 Å². The maximum Gasteiger partial charge on any atom is 0.240 e. The van der Waals surface area contributed by atoms with Gasteiger partial charge in [0.15, 0.2) is 0 Å². The number of anilines is 1. The van der Waals surface area contributed by atoms with Crippen molar-refractivity contribution in [3.8, 4) is 11.1 Å². The monoisotopic (exact) mass is 409 g/mol. The Morgan fingerprint density at radius 3 is 2.59 bits per heavy atom. The molecule has 1 unspecified atom stereocenters. The molecule has 0 aliphatic carbocycles. The predicted octanol–water partition coefficient (Wildman–Crippen LogP) is 2.73. The van der Waals surface area contributed by atoms with E-state index in [1.807, 2.05) is 18.2 Å². The Morgan fingerprint density at radius 1 is 1.00 bits per heavy atom. The maximum absolute atomic E-state index is 12.8. The molecule has 0 saturated carbocycles. The lowest BCUT2D eigenvalue weighted by atomic mass is 9.99. The van der Waals surface area contributed by atoms with Gasteiger partial charge in [0.1, 0.15) is 0 Å². The summed E-state index contributed by atoms with van der Waals surface area (Å²) in [5.41, 5.74) is 1.78. The van der Waals surface area contributed by atoms with Crippen LogP contribution in [0.4, 0.5) is 5.95 Å². The minimum absolute atomic E-state index is 0.214. The summed E-state index contributed by atoms with van der Waals surface area (Å²) in [5.74, 6) is 0.913. The highest BCUT2D eigenvalue weighted by molar-refractivity contribution is 7.89. The first kappa shape index (κ1) is 19.5. The molecule has 150 valence electrons. The number of aromatic nitrogens is 3. The van der Waals surface area contributed by atoms with Crippen molar-refractivity contribution >= 4 is 16.0 Å². The standard InChI is InChI=1S/C21H23N5O2S/c27-29(28,20-6-1-5-19(14-20)18-7-11-22-12-8-18)25-15-17-4-2-13-26(16-17)21-23-9-3-10-24-21/h1,3,5-12,14,17,25H,2,4,13,15-16H2. The van der Waals surface area contributed by atoms with Crippen molar-refractivity contribution in [2.75, 3.05) is 24.5 Å². The van der Waals surface area contributed by atoms with E-state index in [2.05, 4.69) is 24.6 Å². The molecule has 3 heterocycles. The fourth-order valence-electron chi connectivity index (χ4n) is 3.57. The number of nitrogens with zero attached hydrogens (tertiary/aromatic N) is 4. The number of rotatable bonds is 6. The molecule has 1 aliphatic rings. The number of nitrogens with one attached hydrogen (secondary N) is 1. The lowest BCUT2D eigenvalue weighted by Crippen LogP contribution is -2.41. The second-order valence-corrected chi connectivity index (χ2v) is 8.89. The van der Waals surface area contributed by atoms with Crippen LogP contribution in [0.2, 0.25) is 0 Å². The summed E-state index contributed by atoms with van der Waals surface area (Å²) in [5, 5.41) is 0. The molecule has 1 saturated heterocycles. The number of sulfonamides is 1. The average molecular weight is 410 g/mol. The van der Waals surface area contributed by atoms with Gasteiger partial charge in [-0.2, -0.15) is 0 Å². The Morgan fingerprint density at radius 2 is 1.79 bits per heavy atom. The zero-order valence-electron chi connectivity index (χ0n) is 16.0. The highest BCUT2D eigenvalue weighted by Gasteiger charge is 2.24. The van der Waals surface area contributed by atoms with Crippen LogP contribution >= 0.6 is 0 Å². The van der Waals surface area contributed by atoms with E-state index < -0.39 is 10.0 Å². The molecule has 1 atom stereocenters. The SMILES string of the molecule is O=S(=O)(NCC1CCCN(c2ncccn2)C1)c1cccc(-c2ccncc2)c1. The molecule has 1 aliphatic heterocycles. The zero-order valence-corrected chi connectivity index (χ0v) is 16.8. The number of benzene rings is 1. The lowest BCUT2D eigenvalue weighted by molar-refractivity contribution is 0.407. The minimum atomic E-state index is -3.59. The second kappa shape index (κ2) is 8.67. The van der Waals surface area contributed by atoms with Crippen LogP contribution in [0.15, 0.2) is 72.1 Å². The third kappa shape index (κ3) is 4.78. The molecule has 4 rings (SSSR count). The van der Waals surface area contributed by atoms with E-state index in [0.29, 0.717) is 12.5 Å². The summed E-state index contributed by atoms with van der Waals surface area (Å²) in [6.07, 6.45) is 8.81. The van der Waals surface area contributed by atoms with E-state index in [9.17, 15) is 8.42 Å². The quantitative estimate of drug-likeness (QED) is 0.674. The normalized spacial score (nSPS) is 17.2. The fourth-order valence-corrected chi connectivity index (χ4v) is 4.73. The van der Waals surface area contributed by atoms with Crippen LogP contribution in [0.25, 0.3) is 11.1 Å². The molecule has 0 spiro atoms. The number of hydrogen-bond acceptors (Lipinski definition) is 6. The van der Waals surface area contributed by atoms with Crippen molar-refractivity contribution < 1.29 is 8.42 Å². The molecule has 1 aromatic carbocycles. The van der Waals surface area contributed by atoms with E-state index in [-0.39, 0.29) is 10.8 Å². The fraction of sp³-hybridized carbons (Fsp3) is 0.286. The van der Waals surface area contributed by atoms with Crippen LogP contribution in [-0.2, 0) is 10.0 Å². The van der Waals surface area contributed by atoms with Crippen molar-refractivity contribution in [2.45, 2.75) is 17.7 Å². The zero-order chi connectivity index (χ0) is 20.1. The molecular weight excluding hydrogens is 386 g/mol. The average Bonchev–Trinajstić information content (AvgIpc) is 2.79. The van der Waals surface area contributed by atoms with Crippen LogP contribution in [-0.4, -0.2) is 43.0 Å². The van der Waals surface area contributed by atoms with Gasteiger partial charge >= 0.3 is 0 Å². The van der Waals surface area contributed by atoms with E-state index in [1.54, 1.807) is 49.1 Å². The van der Waals surface area contributed by atoms with Gasteiger partial charge in [0.2, 0.25) is 16.0 Å². The molecule has 0 amide bonds. The Balaban J connectivity index is 1.43. The molecule has 8 heteroatoms. The van der Waals surface area contributed by atoms with Gasteiger partial charge in [-0.3, -0.25) is 4.98 Å². The third-order valence-electron chi connectivity index (χ3n) is 5.07. The van der Waals surface area contributed by atoms with Gasteiger partial charge in [-0.1, -0.05) is 12.1 Å². The largest absolute Gasteiger partial charge is 0.341 e. The van der Waals surface area contributed by atoms with E-state index >= 15 is 0 Å². The van der Waals surface area contributed by atoms with E-state index in [1.165, 1.54) is 0 Å². The summed E-state index contributed by atoms with van der Waals surface area (Å²) >= 11 is 0. The van der Waals surface area contributed by atoms with Crippen molar-refractivity contribution in [3.05, 3.63) is 67.3 Å². The Hall–Kier alpha value is -2.84. The number of piperidine rings is 1. The molecule has 29 heavy (non-hydrogen) atoms. The van der Waals surface area contributed by atoms with Gasteiger partial charge in [-0.25, -0.2) is 23.1 Å². The first-order valence-electron chi connectivity index (χ1n) is 9.64. The van der Waals surface area contributed by atoms with Crippen molar-refractivity contribution in [3.63, 3.8) is 0 Å². The Bertz CT molecular complexity index is 1040. The first-order valence-corrected chi connectivity index (χ1v) is 11.1. The summed E-state index contributed by atoms with van der Waals surface area (Å²) in [4.78, 5) is 15.0. The van der Waals surface area contributed by atoms with E-state index in [0.717, 1.165) is 37.1 Å². The van der Waals surface area contributed by atoms with Crippen LogP contribution < -0.4 is 9.62 Å². The van der Waals surface area contributed by atoms with Gasteiger partial charge in [-0.05, 0) is 60.2 Å². The molecular formula is C21H23N5O2S. The van der Waals surface area contributed by atoms with Gasteiger partial charge in [0.05, 0.1) is 4.90 Å². The van der Waals surface area contributed by atoms with Crippen LogP contribution in [0.1, 0.15) is 12.8 Å². The molecule has 1 N–H and O–H groups in total. The molecule has 1 fully saturated rings. The van der Waals surface area contributed by atoms with Crippen LogP contribution in [0.5, 0.6) is 0 Å². The first-order chi connectivity index (χ1) is 14.1. The minimum Gasteiger partial charge on any atom is -0.341 e. The summed E-state index contributed by atoms with van der Waals surface area (Å²) in [7, 11) is -3.59. The van der Waals surface area contributed by atoms with Gasteiger partial charge < -0.3 is 4.90 Å². The van der Waals surface area contributed by atoms with Gasteiger partial charge in [-0.15, -0.1) is 0 Å². The number of pyridine rings is 1. The maximum atomic E-state index is 12.8. The third-order valence-corrected chi connectivity index (χ3v) is 6.50. The number of hydrogen-bond donors (Lipinski definition) is 1. The Kier molecular flexibility index (Phi) is 5.82. The van der Waals surface area contributed by atoms with Crippen LogP contribution in [0, 0.1) is 5.92 Å². The smallest absolute Gasteiger partial charge is 0.240 e. The lowest BCUT2D eigenvalue weighted by Gasteiger charge is -2.32. The van der Waals surface area contributed by atoms with Gasteiger partial charge in [0, 0.05) is 44.4 Å². The molecule has 7 nitrogen and oxygen atoms in total. The summed E-state index contributed by atoms with van der Waals surface area (Å²) in [6, 6.07) is 12.5. The van der Waals surface area contributed by atoms with Crippen molar-refractivity contribution in [2.24, 2.45) is 5.92 Å². The topological polar surface area (TPSA) is 88.1 Å². The van der Waals surface area contributed by atoms with Crippen molar-refractivity contribution in [1.82, 2.24) is 19.7 Å². The predicted molar refractivity (Wildman–Crippen MR) is 112 cm³/mol. The summed E-state index contributed by atoms with van der Waals surface area (Å²) < 4.78 is 28.5. The highest BCUT2D eigenvalue weighted by atomic mass is 32.2. The summed E-state index contributed by atoms with van der Waals surface area (Å²) in [6.45, 7) is 2.02. The second-order valence-electron chi connectivity index (χ2n) is 7.12.